The van der Waals surface area contributed by atoms with E-state index < -0.39 is 0 Å². The van der Waals surface area contributed by atoms with Crippen LogP contribution in [0, 0.1) is 0 Å². The van der Waals surface area contributed by atoms with Crippen molar-refractivity contribution in [3.8, 4) is 5.82 Å². The standard InChI is InChI=1S/C13H11N3/c14-12-5-6-13(15-7-12)16-8-10-3-1-2-4-11(10)9-16/h1-9H,14H2. The average Bonchev–Trinajstić information content (AvgIpc) is 2.73. The Balaban J connectivity index is 2.15. The van der Waals surface area contributed by atoms with Crippen LogP contribution in [-0.2, 0) is 0 Å². The maximum atomic E-state index is 5.61. The molecule has 2 N–H and O–H groups in total. The molecule has 0 aliphatic rings. The Morgan fingerprint density at radius 1 is 0.938 bits per heavy atom. The van der Waals surface area contributed by atoms with Gasteiger partial charge < -0.3 is 10.3 Å². The third-order valence-corrected chi connectivity index (χ3v) is 2.59. The van der Waals surface area contributed by atoms with Gasteiger partial charge in [0, 0.05) is 12.4 Å². The fourth-order valence-electron chi connectivity index (χ4n) is 1.77. The van der Waals surface area contributed by atoms with E-state index in [-0.39, 0.29) is 0 Å². The van der Waals surface area contributed by atoms with Crippen molar-refractivity contribution in [3.05, 3.63) is 55.0 Å². The number of hydrogen-bond acceptors (Lipinski definition) is 2. The number of anilines is 1. The van der Waals surface area contributed by atoms with Gasteiger partial charge in [0.1, 0.15) is 5.82 Å². The number of nitrogens with zero attached hydrogens (tertiary/aromatic N) is 2. The quantitative estimate of drug-likeness (QED) is 0.669. The summed E-state index contributed by atoms with van der Waals surface area (Å²) in [5, 5.41) is 2.42. The summed E-state index contributed by atoms with van der Waals surface area (Å²) in [5.74, 6) is 0.880. The first-order valence-electron chi connectivity index (χ1n) is 5.11. The number of pyridine rings is 1. The lowest BCUT2D eigenvalue weighted by atomic mass is 10.2. The molecule has 0 aliphatic heterocycles. The molecular formula is C13H11N3. The molecule has 0 saturated heterocycles. The van der Waals surface area contributed by atoms with E-state index >= 15 is 0 Å². The first kappa shape index (κ1) is 8.97. The minimum atomic E-state index is 0.681. The molecule has 0 fully saturated rings. The van der Waals surface area contributed by atoms with E-state index in [1.807, 2.05) is 28.8 Å². The molecular weight excluding hydrogens is 198 g/mol. The molecule has 0 spiro atoms. The van der Waals surface area contributed by atoms with Gasteiger partial charge in [-0.05, 0) is 22.9 Å². The van der Waals surface area contributed by atoms with Gasteiger partial charge in [0.05, 0.1) is 11.9 Å². The van der Waals surface area contributed by atoms with Gasteiger partial charge in [0.15, 0.2) is 0 Å². The van der Waals surface area contributed by atoms with Crippen molar-refractivity contribution in [1.82, 2.24) is 9.55 Å². The number of hydrogen-bond donors (Lipinski definition) is 1. The van der Waals surface area contributed by atoms with Crippen molar-refractivity contribution in [2.24, 2.45) is 0 Å². The Kier molecular flexibility index (Phi) is 1.90. The summed E-state index contributed by atoms with van der Waals surface area (Å²) in [6.07, 6.45) is 5.79. The molecule has 0 saturated carbocycles. The molecule has 78 valence electrons. The Morgan fingerprint density at radius 3 is 2.19 bits per heavy atom. The van der Waals surface area contributed by atoms with E-state index in [4.69, 9.17) is 5.73 Å². The highest BCUT2D eigenvalue weighted by Gasteiger charge is 2.00. The predicted octanol–water partition coefficient (Wildman–Crippen LogP) is 2.61. The van der Waals surface area contributed by atoms with Crippen molar-refractivity contribution < 1.29 is 0 Å². The Morgan fingerprint density at radius 2 is 1.62 bits per heavy atom. The Bertz CT molecular complexity index is 590. The van der Waals surface area contributed by atoms with Gasteiger partial charge in [-0.1, -0.05) is 24.3 Å². The fraction of sp³-hybridized carbons (Fsp3) is 0. The van der Waals surface area contributed by atoms with E-state index in [2.05, 4.69) is 29.5 Å². The van der Waals surface area contributed by atoms with Crippen LogP contribution in [0.25, 0.3) is 16.6 Å². The number of fused-ring (bicyclic) bond motifs is 1. The summed E-state index contributed by atoms with van der Waals surface area (Å²) < 4.78 is 2.00. The lowest BCUT2D eigenvalue weighted by Gasteiger charge is -2.00. The minimum Gasteiger partial charge on any atom is -0.397 e. The predicted molar refractivity (Wildman–Crippen MR) is 65.5 cm³/mol. The highest BCUT2D eigenvalue weighted by molar-refractivity contribution is 5.82. The second kappa shape index (κ2) is 3.38. The summed E-state index contributed by atoms with van der Waals surface area (Å²) in [6.45, 7) is 0. The number of nitrogens with two attached hydrogens (primary N) is 1. The van der Waals surface area contributed by atoms with Crippen LogP contribution in [0.2, 0.25) is 0 Å². The molecule has 0 atom stereocenters. The number of nitrogen functional groups attached to an aromatic ring is 1. The lowest BCUT2D eigenvalue weighted by molar-refractivity contribution is 1.01. The molecule has 1 aromatic carbocycles. The SMILES string of the molecule is Nc1ccc(-n2cc3ccccc3c2)nc1. The molecule has 3 heteroatoms. The Labute approximate surface area is 93.1 Å². The zero-order valence-electron chi connectivity index (χ0n) is 8.67. The van der Waals surface area contributed by atoms with Gasteiger partial charge in [0.25, 0.3) is 0 Å². The van der Waals surface area contributed by atoms with Gasteiger partial charge in [-0.3, -0.25) is 0 Å². The van der Waals surface area contributed by atoms with Gasteiger partial charge in [-0.25, -0.2) is 4.98 Å². The van der Waals surface area contributed by atoms with Crippen molar-refractivity contribution >= 4 is 16.5 Å². The molecule has 2 heterocycles. The van der Waals surface area contributed by atoms with E-state index in [1.165, 1.54) is 10.8 Å². The topological polar surface area (TPSA) is 43.8 Å². The molecule has 0 bridgehead atoms. The Hall–Kier alpha value is -2.29. The summed E-state index contributed by atoms with van der Waals surface area (Å²) >= 11 is 0. The van der Waals surface area contributed by atoms with Gasteiger partial charge >= 0.3 is 0 Å². The molecule has 3 nitrogen and oxygen atoms in total. The van der Waals surface area contributed by atoms with Gasteiger partial charge in [0.2, 0.25) is 0 Å². The number of aromatic nitrogens is 2. The molecule has 0 unspecified atom stereocenters. The second-order valence-corrected chi connectivity index (χ2v) is 3.74. The third kappa shape index (κ3) is 1.42. The average molecular weight is 209 g/mol. The summed E-state index contributed by atoms with van der Waals surface area (Å²) in [5.41, 5.74) is 6.29. The highest BCUT2D eigenvalue weighted by atomic mass is 15.0. The molecule has 3 aromatic rings. The maximum Gasteiger partial charge on any atom is 0.136 e. The van der Waals surface area contributed by atoms with Crippen molar-refractivity contribution in [3.63, 3.8) is 0 Å². The smallest absolute Gasteiger partial charge is 0.136 e. The molecule has 0 radical (unpaired) electrons. The summed E-state index contributed by atoms with van der Waals surface area (Å²) in [4.78, 5) is 4.28. The highest BCUT2D eigenvalue weighted by Crippen LogP contribution is 2.17. The summed E-state index contributed by atoms with van der Waals surface area (Å²) in [6, 6.07) is 12.0. The van der Waals surface area contributed by atoms with Crippen LogP contribution in [0.15, 0.2) is 55.0 Å². The van der Waals surface area contributed by atoms with Crippen LogP contribution in [0.3, 0.4) is 0 Å². The molecule has 3 rings (SSSR count). The minimum absolute atomic E-state index is 0.681. The zero-order chi connectivity index (χ0) is 11.0. The van der Waals surface area contributed by atoms with Crippen LogP contribution in [0.5, 0.6) is 0 Å². The van der Waals surface area contributed by atoms with Crippen LogP contribution in [0.4, 0.5) is 5.69 Å². The first-order chi connectivity index (χ1) is 7.83. The maximum absolute atomic E-state index is 5.61. The molecule has 0 aliphatic carbocycles. The third-order valence-electron chi connectivity index (χ3n) is 2.59. The van der Waals surface area contributed by atoms with E-state index in [1.54, 1.807) is 6.20 Å². The largest absolute Gasteiger partial charge is 0.397 e. The summed E-state index contributed by atoms with van der Waals surface area (Å²) in [7, 11) is 0. The van der Waals surface area contributed by atoms with Gasteiger partial charge in [-0.15, -0.1) is 0 Å². The van der Waals surface area contributed by atoms with Crippen molar-refractivity contribution in [2.45, 2.75) is 0 Å². The molecule has 0 amide bonds. The van der Waals surface area contributed by atoms with Crippen LogP contribution >= 0.6 is 0 Å². The fourth-order valence-corrected chi connectivity index (χ4v) is 1.77. The van der Waals surface area contributed by atoms with E-state index in [0.717, 1.165) is 5.82 Å². The monoisotopic (exact) mass is 209 g/mol. The van der Waals surface area contributed by atoms with Crippen LogP contribution < -0.4 is 5.73 Å². The zero-order valence-corrected chi connectivity index (χ0v) is 8.67. The lowest BCUT2D eigenvalue weighted by Crippen LogP contribution is -1.94. The van der Waals surface area contributed by atoms with Crippen LogP contribution in [0.1, 0.15) is 0 Å². The number of rotatable bonds is 1. The van der Waals surface area contributed by atoms with Crippen molar-refractivity contribution in [1.29, 1.82) is 0 Å². The van der Waals surface area contributed by atoms with Crippen LogP contribution in [-0.4, -0.2) is 9.55 Å². The normalized spacial score (nSPS) is 10.8. The number of benzene rings is 1. The van der Waals surface area contributed by atoms with Crippen molar-refractivity contribution in [2.75, 3.05) is 5.73 Å². The first-order valence-corrected chi connectivity index (χ1v) is 5.11. The molecule has 2 aromatic heterocycles. The second-order valence-electron chi connectivity index (χ2n) is 3.74. The molecule has 16 heavy (non-hydrogen) atoms. The van der Waals surface area contributed by atoms with Gasteiger partial charge in [-0.2, -0.15) is 0 Å². The van der Waals surface area contributed by atoms with E-state index in [0.29, 0.717) is 5.69 Å². The van der Waals surface area contributed by atoms with E-state index in [9.17, 15) is 0 Å².